The van der Waals surface area contributed by atoms with Gasteiger partial charge in [-0.3, -0.25) is 14.4 Å². The summed E-state index contributed by atoms with van der Waals surface area (Å²) < 4.78 is 0. The maximum Gasteiger partial charge on any atom is 0.253 e. The Labute approximate surface area is 158 Å². The number of hydrogen-bond acceptors (Lipinski definition) is 3. The molecule has 0 unspecified atom stereocenters. The van der Waals surface area contributed by atoms with E-state index >= 15 is 0 Å². The quantitative estimate of drug-likeness (QED) is 0.885. The van der Waals surface area contributed by atoms with Crippen molar-refractivity contribution in [1.29, 1.82) is 0 Å². The molecule has 1 fully saturated rings. The van der Waals surface area contributed by atoms with Crippen LogP contribution in [0, 0.1) is 0 Å². The molecule has 0 radical (unpaired) electrons. The van der Waals surface area contributed by atoms with Gasteiger partial charge in [-0.2, -0.15) is 0 Å². The van der Waals surface area contributed by atoms with Crippen LogP contribution in [0.3, 0.4) is 0 Å². The number of nitrogens with zero attached hydrogens (tertiary/aromatic N) is 2. The summed E-state index contributed by atoms with van der Waals surface area (Å²) in [7, 11) is 3.42. The predicted octanol–water partition coefficient (Wildman–Crippen LogP) is 2.45. The van der Waals surface area contributed by atoms with Crippen molar-refractivity contribution in [3.8, 4) is 0 Å². The second-order valence-electron chi connectivity index (χ2n) is 6.77. The third kappa shape index (κ3) is 4.34. The molecule has 6 nitrogen and oxygen atoms in total. The molecule has 0 spiro atoms. The highest BCUT2D eigenvalue weighted by atomic mass is 16.2. The number of amides is 3. The fourth-order valence-electron chi connectivity index (χ4n) is 3.02. The van der Waals surface area contributed by atoms with Crippen molar-refractivity contribution in [2.24, 2.45) is 0 Å². The Bertz CT molecular complexity index is 842. The van der Waals surface area contributed by atoms with Gasteiger partial charge in [-0.1, -0.05) is 12.1 Å². The first-order valence-electron chi connectivity index (χ1n) is 8.95. The van der Waals surface area contributed by atoms with Gasteiger partial charge in [0.05, 0.1) is 0 Å². The van der Waals surface area contributed by atoms with Gasteiger partial charge in [-0.25, -0.2) is 0 Å². The molecule has 3 rings (SSSR count). The van der Waals surface area contributed by atoms with E-state index in [1.165, 1.54) is 4.90 Å². The number of hydrogen-bond donors (Lipinski definition) is 1. The summed E-state index contributed by atoms with van der Waals surface area (Å²) in [6.07, 6.45) is 1.46. The molecule has 2 aromatic rings. The van der Waals surface area contributed by atoms with Crippen LogP contribution in [0.5, 0.6) is 0 Å². The van der Waals surface area contributed by atoms with Crippen LogP contribution in [-0.4, -0.2) is 43.3 Å². The van der Waals surface area contributed by atoms with E-state index in [2.05, 4.69) is 5.32 Å². The smallest absolute Gasteiger partial charge is 0.253 e. The lowest BCUT2D eigenvalue weighted by atomic mass is 10.1. The number of carbonyl (C=O) groups is 3. The number of anilines is 1. The van der Waals surface area contributed by atoms with E-state index in [-0.39, 0.29) is 17.7 Å². The highest BCUT2D eigenvalue weighted by molar-refractivity contribution is 5.97. The summed E-state index contributed by atoms with van der Waals surface area (Å²) in [6.45, 7) is 1.11. The Balaban J connectivity index is 1.57. The van der Waals surface area contributed by atoms with Crippen LogP contribution in [0.1, 0.15) is 39.1 Å². The normalized spacial score (nSPS) is 13.6. The largest absolute Gasteiger partial charge is 0.348 e. The molecule has 0 atom stereocenters. The first-order valence-corrected chi connectivity index (χ1v) is 8.95. The average molecular weight is 365 g/mol. The number of benzene rings is 2. The summed E-state index contributed by atoms with van der Waals surface area (Å²) >= 11 is 0. The van der Waals surface area contributed by atoms with Crippen molar-refractivity contribution >= 4 is 23.4 Å². The minimum absolute atomic E-state index is 0.0536. The van der Waals surface area contributed by atoms with Gasteiger partial charge in [0.1, 0.15) is 0 Å². The van der Waals surface area contributed by atoms with Crippen molar-refractivity contribution in [3.63, 3.8) is 0 Å². The molecule has 140 valence electrons. The van der Waals surface area contributed by atoms with Crippen molar-refractivity contribution < 1.29 is 14.4 Å². The van der Waals surface area contributed by atoms with Crippen LogP contribution in [0.4, 0.5) is 5.69 Å². The van der Waals surface area contributed by atoms with E-state index < -0.39 is 0 Å². The third-order valence-electron chi connectivity index (χ3n) is 4.57. The van der Waals surface area contributed by atoms with Gasteiger partial charge in [0.25, 0.3) is 11.8 Å². The minimum Gasteiger partial charge on any atom is -0.348 e. The lowest BCUT2D eigenvalue weighted by Crippen LogP contribution is -2.25. The zero-order valence-electron chi connectivity index (χ0n) is 15.6. The van der Waals surface area contributed by atoms with Gasteiger partial charge < -0.3 is 15.1 Å². The standard InChI is InChI=1S/C21H23N3O3/c1-23(2)21(27)17-7-5-15(6-8-17)14-22-20(26)16-9-11-18(12-10-16)24-13-3-4-19(24)25/h5-12H,3-4,13-14H2,1-2H3,(H,22,26). The molecular weight excluding hydrogens is 342 g/mol. The monoisotopic (exact) mass is 365 g/mol. The Hall–Kier alpha value is -3.15. The molecule has 27 heavy (non-hydrogen) atoms. The number of rotatable bonds is 5. The van der Waals surface area contributed by atoms with Crippen LogP contribution < -0.4 is 10.2 Å². The SMILES string of the molecule is CN(C)C(=O)c1ccc(CNC(=O)c2ccc(N3CCCC3=O)cc2)cc1. The Morgan fingerprint density at radius 1 is 1.00 bits per heavy atom. The molecule has 0 bridgehead atoms. The Morgan fingerprint density at radius 3 is 2.19 bits per heavy atom. The van der Waals surface area contributed by atoms with Gasteiger partial charge in [-0.15, -0.1) is 0 Å². The van der Waals surface area contributed by atoms with Crippen LogP contribution in [0.15, 0.2) is 48.5 Å². The fraction of sp³-hybridized carbons (Fsp3) is 0.286. The summed E-state index contributed by atoms with van der Waals surface area (Å²) in [5.74, 6) is -0.103. The summed E-state index contributed by atoms with van der Waals surface area (Å²) in [5, 5.41) is 2.87. The first kappa shape index (κ1) is 18.6. The zero-order chi connectivity index (χ0) is 19.4. The van der Waals surface area contributed by atoms with Crippen molar-refractivity contribution in [1.82, 2.24) is 10.2 Å². The second kappa shape index (κ2) is 8.03. The molecule has 2 aromatic carbocycles. The molecule has 3 amide bonds. The topological polar surface area (TPSA) is 69.7 Å². The van der Waals surface area contributed by atoms with Crippen LogP contribution in [0.25, 0.3) is 0 Å². The van der Waals surface area contributed by atoms with E-state index in [0.717, 1.165) is 24.2 Å². The zero-order valence-corrected chi connectivity index (χ0v) is 15.6. The molecule has 1 heterocycles. The fourth-order valence-corrected chi connectivity index (χ4v) is 3.02. The molecule has 1 N–H and O–H groups in total. The molecule has 1 saturated heterocycles. The lowest BCUT2D eigenvalue weighted by molar-refractivity contribution is -0.117. The molecular formula is C21H23N3O3. The van der Waals surface area contributed by atoms with Gasteiger partial charge in [0.2, 0.25) is 5.91 Å². The molecule has 6 heteroatoms. The second-order valence-corrected chi connectivity index (χ2v) is 6.77. The van der Waals surface area contributed by atoms with Crippen LogP contribution >= 0.6 is 0 Å². The van der Waals surface area contributed by atoms with Crippen LogP contribution in [0.2, 0.25) is 0 Å². The van der Waals surface area contributed by atoms with Gasteiger partial charge in [0.15, 0.2) is 0 Å². The number of carbonyl (C=O) groups excluding carboxylic acids is 3. The van der Waals surface area contributed by atoms with E-state index in [9.17, 15) is 14.4 Å². The van der Waals surface area contributed by atoms with Crippen molar-refractivity contribution in [2.75, 3.05) is 25.5 Å². The molecule has 0 saturated carbocycles. The summed E-state index contributed by atoms with van der Waals surface area (Å²) in [5.41, 5.74) is 2.90. The van der Waals surface area contributed by atoms with Crippen molar-refractivity contribution in [3.05, 3.63) is 65.2 Å². The molecule has 0 aromatic heterocycles. The minimum atomic E-state index is -0.178. The molecule has 1 aliphatic heterocycles. The van der Waals surface area contributed by atoms with Gasteiger partial charge in [-0.05, 0) is 48.4 Å². The molecule has 0 aliphatic carbocycles. The predicted molar refractivity (Wildman–Crippen MR) is 104 cm³/mol. The van der Waals surface area contributed by atoms with Crippen molar-refractivity contribution in [2.45, 2.75) is 19.4 Å². The van der Waals surface area contributed by atoms with Crippen LogP contribution in [-0.2, 0) is 11.3 Å². The summed E-state index contributed by atoms with van der Waals surface area (Å²) in [4.78, 5) is 39.3. The highest BCUT2D eigenvalue weighted by Gasteiger charge is 2.21. The molecule has 1 aliphatic rings. The van der Waals surface area contributed by atoms with Gasteiger partial charge >= 0.3 is 0 Å². The van der Waals surface area contributed by atoms with E-state index in [4.69, 9.17) is 0 Å². The lowest BCUT2D eigenvalue weighted by Gasteiger charge is -2.15. The third-order valence-corrected chi connectivity index (χ3v) is 4.57. The van der Waals surface area contributed by atoms with Gasteiger partial charge in [0, 0.05) is 50.4 Å². The van der Waals surface area contributed by atoms with E-state index in [1.807, 2.05) is 12.1 Å². The Morgan fingerprint density at radius 2 is 1.63 bits per heavy atom. The maximum absolute atomic E-state index is 12.3. The van der Waals surface area contributed by atoms with E-state index in [1.54, 1.807) is 55.4 Å². The maximum atomic E-state index is 12.3. The van der Waals surface area contributed by atoms with E-state index in [0.29, 0.717) is 24.1 Å². The highest BCUT2D eigenvalue weighted by Crippen LogP contribution is 2.21. The Kier molecular flexibility index (Phi) is 5.54. The average Bonchev–Trinajstić information content (AvgIpc) is 3.12. The summed E-state index contributed by atoms with van der Waals surface area (Å²) in [6, 6.07) is 14.2. The first-order chi connectivity index (χ1) is 13.0. The number of nitrogens with one attached hydrogen (secondary N) is 1.